The van der Waals surface area contributed by atoms with E-state index in [-0.39, 0.29) is 11.7 Å². The maximum absolute atomic E-state index is 12.9. The summed E-state index contributed by atoms with van der Waals surface area (Å²) in [5.74, 6) is 0. The Hall–Kier alpha value is -2.11. The Balaban J connectivity index is 2.15. The summed E-state index contributed by atoms with van der Waals surface area (Å²) >= 11 is 0. The van der Waals surface area contributed by atoms with Crippen LogP contribution in [0, 0.1) is 0 Å². The molecule has 0 N–H and O–H groups in total. The summed E-state index contributed by atoms with van der Waals surface area (Å²) in [5, 5.41) is 0. The van der Waals surface area contributed by atoms with Crippen molar-refractivity contribution in [3.05, 3.63) is 51.6 Å². The molecule has 3 rings (SSSR count). The van der Waals surface area contributed by atoms with Gasteiger partial charge in [0, 0.05) is 17.3 Å². The molecule has 2 aromatic rings. The van der Waals surface area contributed by atoms with Crippen LogP contribution in [-0.4, -0.2) is 9.55 Å². The van der Waals surface area contributed by atoms with Gasteiger partial charge in [0.2, 0.25) is 0 Å². The molecule has 6 heteroatoms. The van der Waals surface area contributed by atoms with Crippen LogP contribution in [0.25, 0.3) is 11.3 Å². The maximum Gasteiger partial charge on any atom is 0.416 e. The van der Waals surface area contributed by atoms with Gasteiger partial charge in [-0.05, 0) is 57.2 Å². The maximum atomic E-state index is 12.9. The van der Waals surface area contributed by atoms with Crippen LogP contribution in [0.3, 0.4) is 0 Å². The molecule has 1 aliphatic rings. The Labute approximate surface area is 163 Å². The molecule has 0 fully saturated rings. The predicted octanol–water partition coefficient (Wildman–Crippen LogP) is 5.95. The number of fused-ring (bicyclic) bond motifs is 1. The standard InChI is InChI=1S/C22H27F3N2O/c1-15(2)27-19-10-8-6-4-3-5-7-9-18(19)20(26-21(27)28)16-11-13-17(14-12-16)22(23,24)25/h11-15H,3-10H2,1-2H3. The first kappa shape index (κ1) is 20.6. The molecule has 0 radical (unpaired) electrons. The summed E-state index contributed by atoms with van der Waals surface area (Å²) in [5.41, 5.74) is 2.14. The van der Waals surface area contributed by atoms with Gasteiger partial charge in [0.15, 0.2) is 0 Å². The lowest BCUT2D eigenvalue weighted by atomic mass is 9.93. The molecule has 0 saturated heterocycles. The summed E-state index contributed by atoms with van der Waals surface area (Å²) in [6.45, 7) is 3.94. The largest absolute Gasteiger partial charge is 0.416 e. The molecule has 1 aromatic heterocycles. The van der Waals surface area contributed by atoms with E-state index in [4.69, 9.17) is 0 Å². The second kappa shape index (κ2) is 8.50. The van der Waals surface area contributed by atoms with Crippen molar-refractivity contribution in [2.24, 2.45) is 0 Å². The third-order valence-electron chi connectivity index (χ3n) is 5.43. The topological polar surface area (TPSA) is 34.9 Å². The van der Waals surface area contributed by atoms with Crippen molar-refractivity contribution in [2.75, 3.05) is 0 Å². The van der Waals surface area contributed by atoms with Gasteiger partial charge in [-0.2, -0.15) is 18.2 Å². The monoisotopic (exact) mass is 392 g/mol. The van der Waals surface area contributed by atoms with E-state index in [1.165, 1.54) is 25.0 Å². The second-order valence-electron chi connectivity index (χ2n) is 7.83. The molecular weight excluding hydrogens is 365 g/mol. The van der Waals surface area contributed by atoms with E-state index in [9.17, 15) is 18.0 Å². The summed E-state index contributed by atoms with van der Waals surface area (Å²) in [4.78, 5) is 17.1. The number of aromatic nitrogens is 2. The van der Waals surface area contributed by atoms with E-state index in [2.05, 4.69) is 4.98 Å². The molecule has 0 unspecified atom stereocenters. The van der Waals surface area contributed by atoms with Crippen LogP contribution in [0.5, 0.6) is 0 Å². The minimum absolute atomic E-state index is 0.00153. The minimum Gasteiger partial charge on any atom is -0.293 e. The fraction of sp³-hybridized carbons (Fsp3) is 0.545. The summed E-state index contributed by atoms with van der Waals surface area (Å²) < 4.78 is 40.5. The summed E-state index contributed by atoms with van der Waals surface area (Å²) in [7, 11) is 0. The number of alkyl halides is 3. The van der Waals surface area contributed by atoms with Crippen LogP contribution in [-0.2, 0) is 19.0 Å². The quantitative estimate of drug-likeness (QED) is 0.633. The Kier molecular flexibility index (Phi) is 6.26. The lowest BCUT2D eigenvalue weighted by Gasteiger charge is -2.23. The van der Waals surface area contributed by atoms with Gasteiger partial charge in [0.05, 0.1) is 11.3 Å². The number of benzene rings is 1. The lowest BCUT2D eigenvalue weighted by molar-refractivity contribution is -0.137. The Bertz CT molecular complexity index is 867. The van der Waals surface area contributed by atoms with Crippen molar-refractivity contribution in [2.45, 2.75) is 77.4 Å². The number of nitrogens with zero attached hydrogens (tertiary/aromatic N) is 2. The minimum atomic E-state index is -4.38. The zero-order valence-electron chi connectivity index (χ0n) is 16.5. The highest BCUT2D eigenvalue weighted by Gasteiger charge is 2.30. The summed E-state index contributed by atoms with van der Waals surface area (Å²) in [6, 6.07) is 5.00. The first-order valence-electron chi connectivity index (χ1n) is 10.1. The average molecular weight is 392 g/mol. The van der Waals surface area contributed by atoms with Crippen molar-refractivity contribution in [3.8, 4) is 11.3 Å². The Morgan fingerprint density at radius 3 is 2.07 bits per heavy atom. The average Bonchev–Trinajstić information content (AvgIpc) is 2.64. The van der Waals surface area contributed by atoms with Crippen LogP contribution in [0.15, 0.2) is 29.1 Å². The normalized spacial score (nSPS) is 16.1. The lowest BCUT2D eigenvalue weighted by Crippen LogP contribution is -2.30. The van der Waals surface area contributed by atoms with Gasteiger partial charge in [-0.25, -0.2) is 4.79 Å². The molecule has 0 spiro atoms. The van der Waals surface area contributed by atoms with Gasteiger partial charge in [-0.1, -0.05) is 37.8 Å². The van der Waals surface area contributed by atoms with Gasteiger partial charge >= 0.3 is 11.9 Å². The number of hydrogen-bond acceptors (Lipinski definition) is 2. The molecule has 1 heterocycles. The number of hydrogen-bond donors (Lipinski definition) is 0. The van der Waals surface area contributed by atoms with Gasteiger partial charge in [0.1, 0.15) is 0 Å². The van der Waals surface area contributed by atoms with E-state index < -0.39 is 11.7 Å². The molecule has 0 aliphatic heterocycles. The summed E-state index contributed by atoms with van der Waals surface area (Å²) in [6.07, 6.45) is 3.88. The van der Waals surface area contributed by atoms with Crippen LogP contribution < -0.4 is 5.69 Å². The van der Waals surface area contributed by atoms with E-state index in [0.717, 1.165) is 61.9 Å². The highest BCUT2D eigenvalue weighted by molar-refractivity contribution is 5.64. The molecule has 1 aliphatic carbocycles. The predicted molar refractivity (Wildman–Crippen MR) is 104 cm³/mol. The van der Waals surface area contributed by atoms with Crippen molar-refractivity contribution in [3.63, 3.8) is 0 Å². The number of halogens is 3. The van der Waals surface area contributed by atoms with E-state index in [1.54, 1.807) is 4.57 Å². The van der Waals surface area contributed by atoms with Gasteiger partial charge in [-0.15, -0.1) is 0 Å². The van der Waals surface area contributed by atoms with Crippen molar-refractivity contribution in [1.29, 1.82) is 0 Å². The molecule has 0 bridgehead atoms. The second-order valence-corrected chi connectivity index (χ2v) is 7.83. The van der Waals surface area contributed by atoms with Crippen LogP contribution in [0.4, 0.5) is 13.2 Å². The van der Waals surface area contributed by atoms with Gasteiger partial charge < -0.3 is 0 Å². The third kappa shape index (κ3) is 4.47. The third-order valence-corrected chi connectivity index (χ3v) is 5.43. The highest BCUT2D eigenvalue weighted by Crippen LogP contribution is 2.33. The first-order chi connectivity index (χ1) is 13.3. The molecule has 0 saturated carbocycles. The fourth-order valence-corrected chi connectivity index (χ4v) is 4.04. The molecule has 28 heavy (non-hydrogen) atoms. The van der Waals surface area contributed by atoms with Gasteiger partial charge in [-0.3, -0.25) is 4.57 Å². The first-order valence-corrected chi connectivity index (χ1v) is 10.1. The SMILES string of the molecule is CC(C)n1c2c(c(-c3ccc(C(F)(F)F)cc3)nc1=O)CCCCCCCC2. The van der Waals surface area contributed by atoms with E-state index >= 15 is 0 Å². The molecular formula is C22H27F3N2O. The Morgan fingerprint density at radius 1 is 0.929 bits per heavy atom. The fourth-order valence-electron chi connectivity index (χ4n) is 4.04. The van der Waals surface area contributed by atoms with Gasteiger partial charge in [0.25, 0.3) is 0 Å². The zero-order chi connectivity index (χ0) is 20.3. The van der Waals surface area contributed by atoms with Crippen LogP contribution in [0.2, 0.25) is 0 Å². The van der Waals surface area contributed by atoms with Crippen molar-refractivity contribution < 1.29 is 13.2 Å². The molecule has 152 valence electrons. The highest BCUT2D eigenvalue weighted by atomic mass is 19.4. The van der Waals surface area contributed by atoms with Crippen LogP contribution >= 0.6 is 0 Å². The van der Waals surface area contributed by atoms with Crippen molar-refractivity contribution in [1.82, 2.24) is 9.55 Å². The van der Waals surface area contributed by atoms with E-state index in [1.807, 2.05) is 13.8 Å². The zero-order valence-corrected chi connectivity index (χ0v) is 16.5. The van der Waals surface area contributed by atoms with Crippen LogP contribution in [0.1, 0.15) is 75.2 Å². The molecule has 0 amide bonds. The smallest absolute Gasteiger partial charge is 0.293 e. The van der Waals surface area contributed by atoms with Crippen molar-refractivity contribution >= 4 is 0 Å². The van der Waals surface area contributed by atoms with E-state index in [0.29, 0.717) is 11.3 Å². The molecule has 0 atom stereocenters. The Morgan fingerprint density at radius 2 is 1.50 bits per heavy atom. The molecule has 1 aromatic carbocycles. The number of rotatable bonds is 2. The molecule has 3 nitrogen and oxygen atoms in total.